The Bertz CT molecular complexity index is 748. The van der Waals surface area contributed by atoms with Crippen LogP contribution in [0.15, 0.2) is 30.3 Å². The molecule has 10 heteroatoms. The lowest BCUT2D eigenvalue weighted by molar-refractivity contribution is -0.150. The summed E-state index contributed by atoms with van der Waals surface area (Å²) in [7, 11) is 0. The number of hydrogen-bond donors (Lipinski definition) is 3. The van der Waals surface area contributed by atoms with E-state index in [1.165, 1.54) is 0 Å². The average molecular weight is 390 g/mol. The molecule has 1 aromatic rings. The molecule has 0 aromatic heterocycles. The molecule has 0 bridgehead atoms. The molecular formula is C18H22N4O6. The van der Waals surface area contributed by atoms with Gasteiger partial charge in [0.1, 0.15) is 12.1 Å². The maximum Gasteiger partial charge on any atom is 0.441 e. The Morgan fingerprint density at radius 3 is 2.57 bits per heavy atom. The number of carbonyl (C=O) groups is 4. The van der Waals surface area contributed by atoms with E-state index < -0.39 is 23.6 Å². The van der Waals surface area contributed by atoms with E-state index in [2.05, 4.69) is 15.5 Å². The van der Waals surface area contributed by atoms with Gasteiger partial charge in [-0.15, -0.1) is 5.48 Å². The van der Waals surface area contributed by atoms with Crippen LogP contribution in [0.25, 0.3) is 0 Å². The van der Waals surface area contributed by atoms with Crippen molar-refractivity contribution in [3.8, 4) is 0 Å². The molecule has 10 nitrogen and oxygen atoms in total. The molecule has 0 saturated carbocycles. The zero-order valence-corrected chi connectivity index (χ0v) is 15.2. The van der Waals surface area contributed by atoms with E-state index in [1.54, 1.807) is 24.3 Å². The summed E-state index contributed by atoms with van der Waals surface area (Å²) in [6.45, 7) is 1.18. The van der Waals surface area contributed by atoms with E-state index in [4.69, 9.17) is 4.74 Å². The van der Waals surface area contributed by atoms with Crippen molar-refractivity contribution in [1.82, 2.24) is 21.0 Å². The molecule has 0 aliphatic carbocycles. The van der Waals surface area contributed by atoms with E-state index in [9.17, 15) is 19.2 Å². The fraction of sp³-hybridized carbons (Fsp3) is 0.444. The van der Waals surface area contributed by atoms with Crippen molar-refractivity contribution >= 4 is 24.0 Å². The summed E-state index contributed by atoms with van der Waals surface area (Å²) in [5.74, 6) is -1.12. The maximum atomic E-state index is 12.6. The number of ether oxygens (including phenoxy) is 1. The Hall–Kier alpha value is -3.14. The predicted molar refractivity (Wildman–Crippen MR) is 95.6 cm³/mol. The number of urea groups is 1. The zero-order chi connectivity index (χ0) is 20.0. The van der Waals surface area contributed by atoms with Crippen LogP contribution in [0.4, 0.5) is 9.59 Å². The minimum atomic E-state index is -0.916. The van der Waals surface area contributed by atoms with E-state index in [0.29, 0.717) is 25.9 Å². The Balaban J connectivity index is 1.38. The standard InChI is InChI=1S/C18H22N4O6/c23-14(28-21-17(26)27-12-13-4-2-1-3-5-13)6-11-22-15(24)18(20-16(22)25)7-9-19-10-8-18/h1-5,19H,6-12H2,(H,20,25)(H,21,26). The second kappa shape index (κ2) is 8.70. The van der Waals surface area contributed by atoms with Crippen LogP contribution in [-0.2, 0) is 25.8 Å². The zero-order valence-electron chi connectivity index (χ0n) is 15.2. The van der Waals surface area contributed by atoms with Gasteiger partial charge in [-0.25, -0.2) is 14.4 Å². The van der Waals surface area contributed by atoms with Crippen molar-refractivity contribution < 1.29 is 28.8 Å². The highest BCUT2D eigenvalue weighted by molar-refractivity contribution is 6.07. The van der Waals surface area contributed by atoms with Gasteiger partial charge in [0.2, 0.25) is 0 Å². The average Bonchev–Trinajstić information content (AvgIpc) is 2.93. The highest BCUT2D eigenvalue weighted by Gasteiger charge is 2.51. The van der Waals surface area contributed by atoms with Crippen LogP contribution in [0.2, 0.25) is 0 Å². The third-order valence-electron chi connectivity index (χ3n) is 4.70. The van der Waals surface area contributed by atoms with E-state index in [0.717, 1.165) is 10.5 Å². The third-order valence-corrected chi connectivity index (χ3v) is 4.70. The van der Waals surface area contributed by atoms with E-state index >= 15 is 0 Å². The van der Waals surface area contributed by atoms with Crippen molar-refractivity contribution in [1.29, 1.82) is 0 Å². The van der Waals surface area contributed by atoms with Gasteiger partial charge in [0.15, 0.2) is 0 Å². The summed E-state index contributed by atoms with van der Waals surface area (Å²) in [4.78, 5) is 53.6. The van der Waals surface area contributed by atoms with Crippen LogP contribution in [-0.4, -0.2) is 54.1 Å². The fourth-order valence-electron chi connectivity index (χ4n) is 3.18. The number of nitrogens with zero attached hydrogens (tertiary/aromatic N) is 1. The first-order valence-corrected chi connectivity index (χ1v) is 9.01. The highest BCUT2D eigenvalue weighted by Crippen LogP contribution is 2.26. The smallest absolute Gasteiger partial charge is 0.441 e. The summed E-state index contributed by atoms with van der Waals surface area (Å²) >= 11 is 0. The van der Waals surface area contributed by atoms with Crippen LogP contribution in [0.3, 0.4) is 0 Å². The number of hydrogen-bond acceptors (Lipinski definition) is 7. The Labute approximate surface area is 161 Å². The van der Waals surface area contributed by atoms with Gasteiger partial charge in [0.25, 0.3) is 5.91 Å². The molecule has 0 unspecified atom stereocenters. The molecule has 3 N–H and O–H groups in total. The van der Waals surface area contributed by atoms with Crippen LogP contribution >= 0.6 is 0 Å². The number of amides is 4. The summed E-state index contributed by atoms with van der Waals surface area (Å²) in [5.41, 5.74) is 1.79. The van der Waals surface area contributed by atoms with Crippen molar-refractivity contribution in [2.45, 2.75) is 31.4 Å². The first-order chi connectivity index (χ1) is 13.5. The molecule has 0 radical (unpaired) electrons. The van der Waals surface area contributed by atoms with Crippen molar-refractivity contribution in [3.63, 3.8) is 0 Å². The van der Waals surface area contributed by atoms with Crippen LogP contribution < -0.4 is 16.1 Å². The summed E-state index contributed by atoms with van der Waals surface area (Å²) in [6, 6.07) is 8.50. The quantitative estimate of drug-likeness (QED) is 0.492. The number of hydroxylamine groups is 1. The van der Waals surface area contributed by atoms with Crippen molar-refractivity contribution in [2.75, 3.05) is 19.6 Å². The topological polar surface area (TPSA) is 126 Å². The molecule has 1 aromatic carbocycles. The van der Waals surface area contributed by atoms with Gasteiger partial charge < -0.3 is 20.2 Å². The Morgan fingerprint density at radius 2 is 1.86 bits per heavy atom. The lowest BCUT2D eigenvalue weighted by Gasteiger charge is -2.31. The minimum absolute atomic E-state index is 0.0314. The summed E-state index contributed by atoms with van der Waals surface area (Å²) in [6.07, 6.45) is -0.145. The number of nitrogens with one attached hydrogen (secondary N) is 3. The van der Waals surface area contributed by atoms with Gasteiger partial charge in [-0.3, -0.25) is 9.69 Å². The lowest BCUT2D eigenvalue weighted by atomic mass is 9.88. The normalized spacial score (nSPS) is 17.9. The molecule has 2 saturated heterocycles. The molecule has 28 heavy (non-hydrogen) atoms. The van der Waals surface area contributed by atoms with Gasteiger partial charge >= 0.3 is 18.1 Å². The lowest BCUT2D eigenvalue weighted by Crippen LogP contribution is -2.53. The van der Waals surface area contributed by atoms with Gasteiger partial charge in [0.05, 0.1) is 6.42 Å². The van der Waals surface area contributed by atoms with Gasteiger partial charge in [-0.1, -0.05) is 30.3 Å². The second-order valence-electron chi connectivity index (χ2n) is 6.61. The SMILES string of the molecule is O=C(CCN1C(=O)NC2(CCNCC2)C1=O)ONC(=O)OCc1ccccc1. The number of benzene rings is 1. The van der Waals surface area contributed by atoms with Crippen LogP contribution in [0.1, 0.15) is 24.8 Å². The van der Waals surface area contributed by atoms with Gasteiger partial charge in [0, 0.05) is 6.54 Å². The largest absolute Gasteiger partial charge is 0.443 e. The van der Waals surface area contributed by atoms with Crippen molar-refractivity contribution in [3.05, 3.63) is 35.9 Å². The Morgan fingerprint density at radius 1 is 1.14 bits per heavy atom. The van der Waals surface area contributed by atoms with Gasteiger partial charge in [-0.05, 0) is 31.5 Å². The second-order valence-corrected chi connectivity index (χ2v) is 6.61. The monoisotopic (exact) mass is 390 g/mol. The number of carbonyl (C=O) groups excluding carboxylic acids is 4. The molecule has 150 valence electrons. The molecule has 2 aliphatic heterocycles. The number of rotatable bonds is 5. The van der Waals surface area contributed by atoms with Crippen LogP contribution in [0.5, 0.6) is 0 Å². The van der Waals surface area contributed by atoms with Crippen LogP contribution in [0, 0.1) is 0 Å². The molecule has 0 atom stereocenters. The van der Waals surface area contributed by atoms with E-state index in [1.807, 2.05) is 11.5 Å². The molecule has 2 aliphatic rings. The summed E-state index contributed by atoms with van der Waals surface area (Å²) < 4.78 is 4.90. The highest BCUT2D eigenvalue weighted by atomic mass is 16.7. The summed E-state index contributed by atoms with van der Waals surface area (Å²) in [5, 5.41) is 5.87. The number of piperidine rings is 1. The molecule has 4 amide bonds. The molecule has 1 spiro atoms. The van der Waals surface area contributed by atoms with Crippen molar-refractivity contribution in [2.24, 2.45) is 0 Å². The maximum absolute atomic E-state index is 12.6. The van der Waals surface area contributed by atoms with Gasteiger partial charge in [-0.2, -0.15) is 0 Å². The first-order valence-electron chi connectivity index (χ1n) is 9.01. The molecule has 2 fully saturated rings. The predicted octanol–water partition coefficient (Wildman–Crippen LogP) is 0.435. The molecule has 3 rings (SSSR count). The third kappa shape index (κ3) is 4.58. The Kier molecular flexibility index (Phi) is 6.09. The fourth-order valence-corrected chi connectivity index (χ4v) is 3.18. The molecular weight excluding hydrogens is 368 g/mol. The first kappa shape index (κ1) is 19.6. The minimum Gasteiger partial charge on any atom is -0.443 e. The van der Waals surface area contributed by atoms with E-state index in [-0.39, 0.29) is 25.5 Å². The molecule has 2 heterocycles. The number of imide groups is 1.